The van der Waals surface area contributed by atoms with Gasteiger partial charge in [-0.3, -0.25) is 5.32 Å². The van der Waals surface area contributed by atoms with Crippen molar-refractivity contribution in [1.82, 2.24) is 5.32 Å². The van der Waals surface area contributed by atoms with E-state index >= 15 is 0 Å². The van der Waals surface area contributed by atoms with Crippen LogP contribution in [0.25, 0.3) is 0 Å². The first-order valence-electron chi connectivity index (χ1n) is 7.70. The van der Waals surface area contributed by atoms with E-state index in [1.807, 2.05) is 12.1 Å². The van der Waals surface area contributed by atoms with Crippen molar-refractivity contribution in [3.05, 3.63) is 29.3 Å². The van der Waals surface area contributed by atoms with E-state index in [0.717, 1.165) is 37.1 Å². The van der Waals surface area contributed by atoms with Gasteiger partial charge >= 0.3 is 5.97 Å². The minimum absolute atomic E-state index is 0.183. The molecule has 4 nitrogen and oxygen atoms in total. The van der Waals surface area contributed by atoms with Crippen molar-refractivity contribution in [3.8, 4) is 5.75 Å². The Balaban J connectivity index is 2.00. The monoisotopic (exact) mass is 289 g/mol. The molecule has 1 unspecified atom stereocenters. The summed E-state index contributed by atoms with van der Waals surface area (Å²) in [7, 11) is 3.12. The predicted molar refractivity (Wildman–Crippen MR) is 80.4 cm³/mol. The molecule has 21 heavy (non-hydrogen) atoms. The molecule has 2 aliphatic rings. The number of fused-ring (bicyclic) bond motifs is 1. The van der Waals surface area contributed by atoms with E-state index in [1.165, 1.54) is 25.5 Å². The van der Waals surface area contributed by atoms with E-state index in [4.69, 9.17) is 9.47 Å². The van der Waals surface area contributed by atoms with E-state index in [9.17, 15) is 4.79 Å². The molecule has 4 heteroatoms. The van der Waals surface area contributed by atoms with Crippen LogP contribution in [-0.2, 0) is 21.5 Å². The Hall–Kier alpha value is -1.55. The van der Waals surface area contributed by atoms with Gasteiger partial charge in [-0.15, -0.1) is 0 Å². The number of methoxy groups -OCH3 is 2. The minimum Gasteiger partial charge on any atom is -0.497 e. The molecule has 0 amide bonds. The Bertz CT molecular complexity index is 539. The molecule has 1 saturated carbocycles. The fourth-order valence-electron chi connectivity index (χ4n) is 3.26. The number of aryl methyl sites for hydroxylation is 1. The van der Waals surface area contributed by atoms with Crippen LogP contribution in [0.1, 0.15) is 36.8 Å². The van der Waals surface area contributed by atoms with Gasteiger partial charge in [0.25, 0.3) is 0 Å². The number of carbonyl (C=O) groups excluding carboxylic acids is 1. The summed E-state index contributed by atoms with van der Waals surface area (Å²) in [4.78, 5) is 12.6. The van der Waals surface area contributed by atoms with Crippen LogP contribution in [0.15, 0.2) is 18.2 Å². The van der Waals surface area contributed by atoms with Crippen LogP contribution < -0.4 is 10.1 Å². The zero-order valence-corrected chi connectivity index (χ0v) is 12.8. The highest BCUT2D eigenvalue weighted by Crippen LogP contribution is 2.39. The molecule has 0 heterocycles. The highest BCUT2D eigenvalue weighted by Gasteiger charge is 2.45. The summed E-state index contributed by atoms with van der Waals surface area (Å²) >= 11 is 0. The standard InChI is InChI=1S/C17H23NO3/c1-20-14-8-7-13-4-3-9-17(15(13)10-14,16(19)21-2)18-11-12-5-6-12/h7-8,10,12,18H,3-6,9,11H2,1-2H3. The largest absolute Gasteiger partial charge is 0.497 e. The van der Waals surface area contributed by atoms with Gasteiger partial charge in [-0.05, 0) is 67.8 Å². The summed E-state index contributed by atoms with van der Waals surface area (Å²) < 4.78 is 10.5. The van der Waals surface area contributed by atoms with Crippen LogP contribution in [0.3, 0.4) is 0 Å². The van der Waals surface area contributed by atoms with Crippen LogP contribution in [-0.4, -0.2) is 26.7 Å². The lowest BCUT2D eigenvalue weighted by Gasteiger charge is -2.37. The third-order valence-electron chi connectivity index (χ3n) is 4.70. The SMILES string of the molecule is COC(=O)C1(NCC2CC2)CCCc2ccc(OC)cc21. The fourth-order valence-corrected chi connectivity index (χ4v) is 3.26. The Labute approximate surface area is 125 Å². The summed E-state index contributed by atoms with van der Waals surface area (Å²) in [6.07, 6.45) is 5.30. The van der Waals surface area contributed by atoms with E-state index in [-0.39, 0.29) is 5.97 Å². The van der Waals surface area contributed by atoms with E-state index in [1.54, 1.807) is 7.11 Å². The van der Waals surface area contributed by atoms with Crippen molar-refractivity contribution >= 4 is 5.97 Å². The summed E-state index contributed by atoms with van der Waals surface area (Å²) in [6.45, 7) is 0.881. The first-order chi connectivity index (χ1) is 10.2. The maximum absolute atomic E-state index is 12.6. The molecule has 0 radical (unpaired) electrons. The molecule has 2 aliphatic carbocycles. The molecule has 1 atom stereocenters. The summed E-state index contributed by atoms with van der Waals surface area (Å²) in [5.74, 6) is 1.32. The van der Waals surface area contributed by atoms with Crippen LogP contribution in [0, 0.1) is 5.92 Å². The number of ether oxygens (including phenoxy) is 2. The Morgan fingerprint density at radius 2 is 2.19 bits per heavy atom. The topological polar surface area (TPSA) is 47.6 Å². The molecule has 1 aromatic carbocycles. The molecular formula is C17H23NO3. The number of benzene rings is 1. The molecule has 0 aromatic heterocycles. The van der Waals surface area contributed by atoms with Gasteiger partial charge in [0.1, 0.15) is 11.3 Å². The lowest BCUT2D eigenvalue weighted by atomic mass is 9.76. The van der Waals surface area contributed by atoms with Crippen molar-refractivity contribution in [2.24, 2.45) is 5.92 Å². The van der Waals surface area contributed by atoms with Gasteiger partial charge < -0.3 is 9.47 Å². The van der Waals surface area contributed by atoms with Crippen LogP contribution >= 0.6 is 0 Å². The lowest BCUT2D eigenvalue weighted by molar-refractivity contribution is -0.150. The second-order valence-electron chi connectivity index (χ2n) is 6.10. The third-order valence-corrected chi connectivity index (χ3v) is 4.70. The first-order valence-corrected chi connectivity index (χ1v) is 7.70. The quantitative estimate of drug-likeness (QED) is 0.846. The van der Waals surface area contributed by atoms with Gasteiger partial charge in [0.2, 0.25) is 0 Å². The molecule has 114 valence electrons. The zero-order valence-electron chi connectivity index (χ0n) is 12.8. The zero-order chi connectivity index (χ0) is 14.9. The average molecular weight is 289 g/mol. The first kappa shape index (κ1) is 14.4. The summed E-state index contributed by atoms with van der Waals surface area (Å²) in [6, 6.07) is 6.03. The van der Waals surface area contributed by atoms with Gasteiger partial charge in [0, 0.05) is 0 Å². The minimum atomic E-state index is -0.709. The molecule has 0 bridgehead atoms. The molecule has 0 aliphatic heterocycles. The van der Waals surface area contributed by atoms with Gasteiger partial charge in [0.05, 0.1) is 14.2 Å². The number of carbonyl (C=O) groups is 1. The molecule has 1 fully saturated rings. The van der Waals surface area contributed by atoms with Crippen molar-refractivity contribution < 1.29 is 14.3 Å². The number of hydrogen-bond donors (Lipinski definition) is 1. The Morgan fingerprint density at radius 1 is 1.38 bits per heavy atom. The molecule has 1 aromatic rings. The third kappa shape index (κ3) is 2.64. The Kier molecular flexibility index (Phi) is 3.89. The van der Waals surface area contributed by atoms with Crippen LogP contribution in [0.2, 0.25) is 0 Å². The molecule has 1 N–H and O–H groups in total. The number of esters is 1. The second kappa shape index (κ2) is 5.68. The average Bonchev–Trinajstić information content (AvgIpc) is 3.35. The van der Waals surface area contributed by atoms with Crippen molar-refractivity contribution in [1.29, 1.82) is 0 Å². The van der Waals surface area contributed by atoms with Crippen molar-refractivity contribution in [2.45, 2.75) is 37.6 Å². The predicted octanol–water partition coefficient (Wildman–Crippen LogP) is 2.40. The smallest absolute Gasteiger partial charge is 0.330 e. The maximum Gasteiger partial charge on any atom is 0.330 e. The summed E-state index contributed by atoms with van der Waals surface area (Å²) in [5.41, 5.74) is 1.54. The highest BCUT2D eigenvalue weighted by atomic mass is 16.5. The maximum atomic E-state index is 12.6. The normalized spacial score (nSPS) is 24.3. The lowest BCUT2D eigenvalue weighted by Crippen LogP contribution is -2.52. The van der Waals surface area contributed by atoms with Gasteiger partial charge in [-0.2, -0.15) is 0 Å². The Morgan fingerprint density at radius 3 is 2.86 bits per heavy atom. The highest BCUT2D eigenvalue weighted by molar-refractivity contribution is 5.83. The van der Waals surface area contributed by atoms with Crippen molar-refractivity contribution in [3.63, 3.8) is 0 Å². The fraction of sp³-hybridized carbons (Fsp3) is 0.588. The van der Waals surface area contributed by atoms with Gasteiger partial charge in [-0.1, -0.05) is 6.07 Å². The number of hydrogen-bond acceptors (Lipinski definition) is 4. The number of rotatable bonds is 5. The number of nitrogens with one attached hydrogen (secondary N) is 1. The van der Waals surface area contributed by atoms with Crippen molar-refractivity contribution in [2.75, 3.05) is 20.8 Å². The molecular weight excluding hydrogens is 266 g/mol. The summed E-state index contributed by atoms with van der Waals surface area (Å²) in [5, 5.41) is 3.53. The van der Waals surface area contributed by atoms with E-state index in [2.05, 4.69) is 11.4 Å². The second-order valence-corrected chi connectivity index (χ2v) is 6.10. The molecule has 0 spiro atoms. The van der Waals surface area contributed by atoms with Crippen LogP contribution in [0.4, 0.5) is 0 Å². The molecule has 0 saturated heterocycles. The van der Waals surface area contributed by atoms with E-state index in [0.29, 0.717) is 5.92 Å². The van der Waals surface area contributed by atoms with Crippen LogP contribution in [0.5, 0.6) is 5.75 Å². The van der Waals surface area contributed by atoms with Gasteiger partial charge in [0.15, 0.2) is 0 Å². The van der Waals surface area contributed by atoms with Gasteiger partial charge in [-0.25, -0.2) is 4.79 Å². The van der Waals surface area contributed by atoms with E-state index < -0.39 is 5.54 Å². The molecule has 3 rings (SSSR count).